The molecule has 7 nitrogen and oxygen atoms in total. The molecule has 2 atom stereocenters. The van der Waals surface area contributed by atoms with Crippen LogP contribution in [0.3, 0.4) is 0 Å². The Hall–Kier alpha value is -2.67. The summed E-state index contributed by atoms with van der Waals surface area (Å²) in [6.07, 6.45) is 3.61. The Labute approximate surface area is 157 Å². The highest BCUT2D eigenvalue weighted by atomic mass is 16.5. The van der Waals surface area contributed by atoms with E-state index in [-0.39, 0.29) is 6.10 Å². The Morgan fingerprint density at radius 2 is 2.00 bits per heavy atom. The minimum absolute atomic E-state index is 0.0820. The van der Waals surface area contributed by atoms with Crippen molar-refractivity contribution in [3.05, 3.63) is 30.6 Å². The third-order valence-corrected chi connectivity index (χ3v) is 5.36. The second-order valence-corrected chi connectivity index (χ2v) is 7.63. The molecule has 0 spiro atoms. The van der Waals surface area contributed by atoms with Crippen molar-refractivity contribution in [2.24, 2.45) is 11.8 Å². The average Bonchev–Trinajstić information content (AvgIpc) is 3.38. The molecule has 2 fully saturated rings. The second kappa shape index (κ2) is 6.49. The fourth-order valence-electron chi connectivity index (χ4n) is 4.08. The quantitative estimate of drug-likeness (QED) is 0.766. The molecule has 27 heavy (non-hydrogen) atoms. The van der Waals surface area contributed by atoms with Crippen LogP contribution in [0.1, 0.15) is 13.8 Å². The summed E-state index contributed by atoms with van der Waals surface area (Å²) in [5.74, 6) is 2.98. The van der Waals surface area contributed by atoms with Gasteiger partial charge in [0.25, 0.3) is 0 Å². The van der Waals surface area contributed by atoms with Gasteiger partial charge in [-0.05, 0) is 26.0 Å². The summed E-state index contributed by atoms with van der Waals surface area (Å²) in [5, 5.41) is 8.04. The zero-order chi connectivity index (χ0) is 18.4. The number of anilines is 1. The number of nitrogens with zero attached hydrogens (tertiary/aromatic N) is 4. The molecular weight excluding hydrogens is 342 g/mol. The van der Waals surface area contributed by atoms with Gasteiger partial charge in [-0.25, -0.2) is 4.98 Å². The van der Waals surface area contributed by atoms with E-state index in [0.29, 0.717) is 11.8 Å². The summed E-state index contributed by atoms with van der Waals surface area (Å²) < 4.78 is 11.8. The Morgan fingerprint density at radius 1 is 1.19 bits per heavy atom. The lowest BCUT2D eigenvalue weighted by molar-refractivity contribution is 0.177. The number of pyridine rings is 2. The predicted octanol–water partition coefficient (Wildman–Crippen LogP) is 2.89. The molecule has 0 aromatic carbocycles. The minimum atomic E-state index is 0.0820. The van der Waals surface area contributed by atoms with Gasteiger partial charge < -0.3 is 14.4 Å². The van der Waals surface area contributed by atoms with Crippen LogP contribution in [-0.4, -0.2) is 52.6 Å². The number of nitrogens with one attached hydrogen (secondary N) is 1. The van der Waals surface area contributed by atoms with Gasteiger partial charge in [-0.3, -0.25) is 10.1 Å². The molecule has 2 saturated heterocycles. The number of aromatic nitrogens is 4. The van der Waals surface area contributed by atoms with Gasteiger partial charge in [-0.2, -0.15) is 5.10 Å². The lowest BCUT2D eigenvalue weighted by Gasteiger charge is -2.21. The van der Waals surface area contributed by atoms with E-state index in [1.807, 2.05) is 26.0 Å². The minimum Gasteiger partial charge on any atom is -0.490 e. The third-order valence-electron chi connectivity index (χ3n) is 5.36. The van der Waals surface area contributed by atoms with E-state index in [9.17, 15) is 0 Å². The zero-order valence-corrected chi connectivity index (χ0v) is 15.6. The third kappa shape index (κ3) is 2.92. The van der Waals surface area contributed by atoms with Crippen LogP contribution in [0, 0.1) is 11.8 Å². The molecule has 3 aromatic heterocycles. The lowest BCUT2D eigenvalue weighted by Crippen LogP contribution is -2.23. The molecule has 0 amide bonds. The second-order valence-electron chi connectivity index (χ2n) is 7.63. The molecule has 2 aliphatic rings. The van der Waals surface area contributed by atoms with E-state index < -0.39 is 0 Å². The molecule has 7 heteroatoms. The van der Waals surface area contributed by atoms with Crippen molar-refractivity contribution in [2.45, 2.75) is 20.0 Å². The van der Waals surface area contributed by atoms with Crippen LogP contribution < -0.4 is 9.64 Å². The van der Waals surface area contributed by atoms with Gasteiger partial charge in [0.2, 0.25) is 0 Å². The maximum absolute atomic E-state index is 6.15. The largest absolute Gasteiger partial charge is 0.490 e. The van der Waals surface area contributed by atoms with Crippen LogP contribution in [0.25, 0.3) is 22.3 Å². The molecule has 3 aromatic rings. The molecule has 0 saturated carbocycles. The van der Waals surface area contributed by atoms with Crippen LogP contribution in [-0.2, 0) is 4.74 Å². The maximum atomic E-state index is 6.15. The monoisotopic (exact) mass is 365 g/mol. The topological polar surface area (TPSA) is 76.2 Å². The smallest absolute Gasteiger partial charge is 0.133 e. The predicted molar refractivity (Wildman–Crippen MR) is 103 cm³/mol. The highest BCUT2D eigenvalue weighted by molar-refractivity contribution is 5.95. The molecule has 5 heterocycles. The highest BCUT2D eigenvalue weighted by Gasteiger charge is 2.38. The van der Waals surface area contributed by atoms with E-state index in [1.165, 1.54) is 0 Å². The van der Waals surface area contributed by atoms with E-state index >= 15 is 0 Å². The van der Waals surface area contributed by atoms with Crippen molar-refractivity contribution in [2.75, 3.05) is 31.2 Å². The van der Waals surface area contributed by atoms with Crippen LogP contribution in [0.15, 0.2) is 30.6 Å². The van der Waals surface area contributed by atoms with Gasteiger partial charge in [0.15, 0.2) is 0 Å². The van der Waals surface area contributed by atoms with Gasteiger partial charge in [0.1, 0.15) is 22.8 Å². The van der Waals surface area contributed by atoms with Crippen molar-refractivity contribution in [3.63, 3.8) is 0 Å². The first-order valence-electron chi connectivity index (χ1n) is 9.48. The van der Waals surface area contributed by atoms with Gasteiger partial charge in [0, 0.05) is 48.8 Å². The number of hydrogen-bond acceptors (Lipinski definition) is 6. The van der Waals surface area contributed by atoms with Crippen LogP contribution in [0.2, 0.25) is 0 Å². The highest BCUT2D eigenvalue weighted by Crippen LogP contribution is 2.37. The number of rotatable bonds is 4. The molecule has 0 bridgehead atoms. The molecular formula is C20H23N5O2. The van der Waals surface area contributed by atoms with E-state index in [1.54, 1.807) is 12.4 Å². The van der Waals surface area contributed by atoms with Crippen molar-refractivity contribution in [1.29, 1.82) is 0 Å². The van der Waals surface area contributed by atoms with Gasteiger partial charge in [-0.1, -0.05) is 0 Å². The fraction of sp³-hybridized carbons (Fsp3) is 0.450. The Kier molecular flexibility index (Phi) is 3.97. The Balaban J connectivity index is 1.64. The van der Waals surface area contributed by atoms with Crippen molar-refractivity contribution >= 4 is 16.7 Å². The Bertz CT molecular complexity index is 944. The van der Waals surface area contributed by atoms with Crippen molar-refractivity contribution in [1.82, 2.24) is 20.2 Å². The molecule has 2 aliphatic heterocycles. The summed E-state index contributed by atoms with van der Waals surface area (Å²) in [6, 6.07) is 5.95. The number of H-pyrrole nitrogens is 1. The first kappa shape index (κ1) is 16.5. The number of aromatic amines is 1. The van der Waals surface area contributed by atoms with Crippen LogP contribution >= 0.6 is 0 Å². The normalized spacial score (nSPS) is 22.0. The van der Waals surface area contributed by atoms with Crippen LogP contribution in [0.5, 0.6) is 5.75 Å². The van der Waals surface area contributed by atoms with Crippen molar-refractivity contribution < 1.29 is 9.47 Å². The van der Waals surface area contributed by atoms with Crippen LogP contribution in [0.4, 0.5) is 5.82 Å². The molecule has 5 rings (SSSR count). The first-order chi connectivity index (χ1) is 13.2. The van der Waals surface area contributed by atoms with E-state index in [0.717, 1.165) is 60.2 Å². The molecule has 0 unspecified atom stereocenters. The lowest BCUT2D eigenvalue weighted by atomic mass is 10.0. The Morgan fingerprint density at radius 3 is 2.70 bits per heavy atom. The van der Waals surface area contributed by atoms with Gasteiger partial charge in [0.05, 0.1) is 25.0 Å². The summed E-state index contributed by atoms with van der Waals surface area (Å²) in [4.78, 5) is 11.9. The maximum Gasteiger partial charge on any atom is 0.133 e. The van der Waals surface area contributed by atoms with E-state index in [2.05, 4.69) is 26.1 Å². The summed E-state index contributed by atoms with van der Waals surface area (Å²) in [5.41, 5.74) is 2.49. The number of ether oxygens (including phenoxy) is 2. The van der Waals surface area contributed by atoms with Gasteiger partial charge >= 0.3 is 0 Å². The number of fused-ring (bicyclic) bond motifs is 2. The summed E-state index contributed by atoms with van der Waals surface area (Å²) in [7, 11) is 0. The molecule has 140 valence electrons. The molecule has 1 N–H and O–H groups in total. The molecule has 0 radical (unpaired) electrons. The summed E-state index contributed by atoms with van der Waals surface area (Å²) in [6.45, 7) is 7.74. The summed E-state index contributed by atoms with van der Waals surface area (Å²) >= 11 is 0. The fourth-order valence-corrected chi connectivity index (χ4v) is 4.08. The zero-order valence-electron chi connectivity index (χ0n) is 15.6. The van der Waals surface area contributed by atoms with Gasteiger partial charge in [-0.15, -0.1) is 0 Å². The van der Waals surface area contributed by atoms with E-state index in [4.69, 9.17) is 14.5 Å². The molecule has 0 aliphatic carbocycles. The van der Waals surface area contributed by atoms with Crippen molar-refractivity contribution in [3.8, 4) is 17.1 Å². The average molecular weight is 365 g/mol. The first-order valence-corrected chi connectivity index (χ1v) is 9.48. The SMILES string of the molecule is CC(C)Oc1cc(N2C[C@H]3COC[C@H]3C2)nc2c(-c3ccn[nH]3)nccc12. The number of hydrogen-bond donors (Lipinski definition) is 1. The standard InChI is InChI=1S/C20H23N5O2/c1-12(2)27-17-7-18(25-8-13-10-26-11-14(13)9-25)23-19-15(17)3-5-21-20(19)16-4-6-22-24-16/h3-7,12-14H,8-11H2,1-2H3,(H,22,24)/t13-,14+.